The van der Waals surface area contributed by atoms with Crippen LogP contribution in [0.25, 0.3) is 0 Å². The minimum atomic E-state index is 0.702. The number of hydrogen-bond acceptors (Lipinski definition) is 3. The molecule has 1 saturated carbocycles. The molecule has 2 fully saturated rings. The van der Waals surface area contributed by atoms with Crippen molar-refractivity contribution in [2.45, 2.75) is 32.7 Å². The number of nitrogens with zero attached hydrogens (tertiary/aromatic N) is 2. The Morgan fingerprint density at radius 1 is 1.10 bits per heavy atom. The van der Waals surface area contributed by atoms with Gasteiger partial charge in [0.2, 0.25) is 0 Å². The van der Waals surface area contributed by atoms with Gasteiger partial charge in [0.1, 0.15) is 0 Å². The maximum atomic E-state index is 3.81. The van der Waals surface area contributed by atoms with E-state index in [1.807, 2.05) is 0 Å². The van der Waals surface area contributed by atoms with Crippen molar-refractivity contribution in [1.29, 1.82) is 0 Å². The molecule has 0 amide bonds. The Morgan fingerprint density at radius 3 is 2.43 bits per heavy atom. The molecular weight excluding hydrogens is 258 g/mol. The van der Waals surface area contributed by atoms with Crippen LogP contribution in [0.2, 0.25) is 0 Å². The Hall–Kier alpha value is -0.380. The van der Waals surface area contributed by atoms with E-state index >= 15 is 0 Å². The van der Waals surface area contributed by atoms with Crippen LogP contribution in [0.15, 0.2) is 12.2 Å². The van der Waals surface area contributed by atoms with E-state index in [2.05, 4.69) is 48.2 Å². The van der Waals surface area contributed by atoms with Crippen molar-refractivity contribution in [3.05, 3.63) is 12.2 Å². The molecule has 21 heavy (non-hydrogen) atoms. The predicted molar refractivity (Wildman–Crippen MR) is 89.4 cm³/mol. The highest BCUT2D eigenvalue weighted by Crippen LogP contribution is 2.42. The van der Waals surface area contributed by atoms with Crippen molar-refractivity contribution in [3.8, 4) is 0 Å². The summed E-state index contributed by atoms with van der Waals surface area (Å²) in [4.78, 5) is 5.15. The SMILES string of the molecule is CC(C)C(CNCC1CC2C=CC1C2)N1CCN(C)CC1. The fourth-order valence-electron chi connectivity index (χ4n) is 4.49. The number of nitrogens with one attached hydrogen (secondary N) is 1. The molecule has 3 rings (SSSR count). The Labute approximate surface area is 130 Å². The zero-order chi connectivity index (χ0) is 14.8. The van der Waals surface area contributed by atoms with Crippen LogP contribution >= 0.6 is 0 Å². The first-order valence-electron chi connectivity index (χ1n) is 8.95. The van der Waals surface area contributed by atoms with Crippen LogP contribution in [-0.2, 0) is 0 Å². The van der Waals surface area contributed by atoms with Gasteiger partial charge in [0.05, 0.1) is 0 Å². The largest absolute Gasteiger partial charge is 0.315 e. The van der Waals surface area contributed by atoms with E-state index in [1.165, 1.54) is 52.1 Å². The molecule has 4 atom stereocenters. The lowest BCUT2D eigenvalue weighted by Crippen LogP contribution is -2.54. The molecule has 3 heteroatoms. The van der Waals surface area contributed by atoms with E-state index in [1.54, 1.807) is 0 Å². The van der Waals surface area contributed by atoms with Gasteiger partial charge in [0, 0.05) is 38.8 Å². The van der Waals surface area contributed by atoms with E-state index in [0.717, 1.165) is 23.7 Å². The van der Waals surface area contributed by atoms with Gasteiger partial charge in [-0.2, -0.15) is 0 Å². The number of rotatable bonds is 6. The summed E-state index contributed by atoms with van der Waals surface area (Å²) >= 11 is 0. The first kappa shape index (κ1) is 15.5. The molecule has 0 aromatic rings. The Balaban J connectivity index is 1.44. The smallest absolute Gasteiger partial charge is 0.0244 e. The summed E-state index contributed by atoms with van der Waals surface area (Å²) in [6, 6.07) is 0.702. The first-order chi connectivity index (χ1) is 10.1. The molecule has 2 aliphatic carbocycles. The van der Waals surface area contributed by atoms with Crippen molar-refractivity contribution >= 4 is 0 Å². The molecule has 3 nitrogen and oxygen atoms in total. The highest BCUT2D eigenvalue weighted by molar-refractivity contribution is 5.10. The van der Waals surface area contributed by atoms with Gasteiger partial charge in [0.15, 0.2) is 0 Å². The lowest BCUT2D eigenvalue weighted by atomic mass is 9.93. The zero-order valence-corrected chi connectivity index (χ0v) is 14.1. The van der Waals surface area contributed by atoms with Crippen molar-refractivity contribution < 1.29 is 0 Å². The van der Waals surface area contributed by atoms with E-state index in [4.69, 9.17) is 0 Å². The molecule has 0 aromatic heterocycles. The molecule has 2 bridgehead atoms. The number of fused-ring (bicyclic) bond motifs is 2. The molecule has 3 aliphatic rings. The molecule has 1 N–H and O–H groups in total. The van der Waals surface area contributed by atoms with Gasteiger partial charge in [-0.3, -0.25) is 4.90 Å². The monoisotopic (exact) mass is 291 g/mol. The molecule has 0 aromatic carbocycles. The first-order valence-corrected chi connectivity index (χ1v) is 8.95. The normalized spacial score (nSPS) is 35.0. The van der Waals surface area contributed by atoms with Gasteiger partial charge in [-0.25, -0.2) is 0 Å². The molecule has 1 heterocycles. The van der Waals surface area contributed by atoms with Crippen molar-refractivity contribution in [2.75, 3.05) is 46.3 Å². The maximum Gasteiger partial charge on any atom is 0.0244 e. The Morgan fingerprint density at radius 2 is 1.86 bits per heavy atom. The average molecular weight is 291 g/mol. The van der Waals surface area contributed by atoms with Gasteiger partial charge in [-0.15, -0.1) is 0 Å². The number of piperazine rings is 1. The molecule has 4 unspecified atom stereocenters. The summed E-state index contributed by atoms with van der Waals surface area (Å²) in [7, 11) is 2.24. The Bertz CT molecular complexity index is 357. The molecular formula is C18H33N3. The fraction of sp³-hybridized carbons (Fsp3) is 0.889. The summed E-state index contributed by atoms with van der Waals surface area (Å²) in [5.74, 6) is 3.42. The third kappa shape index (κ3) is 3.69. The average Bonchev–Trinajstić information content (AvgIpc) is 3.07. The maximum absolute atomic E-state index is 3.81. The fourth-order valence-corrected chi connectivity index (χ4v) is 4.49. The van der Waals surface area contributed by atoms with E-state index < -0.39 is 0 Å². The van der Waals surface area contributed by atoms with E-state index in [9.17, 15) is 0 Å². The third-order valence-corrected chi connectivity index (χ3v) is 5.95. The van der Waals surface area contributed by atoms with Crippen molar-refractivity contribution in [3.63, 3.8) is 0 Å². The van der Waals surface area contributed by atoms with E-state index in [0.29, 0.717) is 6.04 Å². The standard InChI is InChI=1S/C18H33N3/c1-14(2)18(21-8-6-20(3)7-9-21)13-19-12-17-11-15-4-5-16(17)10-15/h4-5,14-19H,6-13H2,1-3H3. The van der Waals surface area contributed by atoms with Crippen LogP contribution < -0.4 is 5.32 Å². The quantitative estimate of drug-likeness (QED) is 0.756. The second-order valence-electron chi connectivity index (χ2n) is 7.85. The topological polar surface area (TPSA) is 18.5 Å². The summed E-state index contributed by atoms with van der Waals surface area (Å²) < 4.78 is 0. The van der Waals surface area contributed by atoms with Crippen LogP contribution in [-0.4, -0.2) is 62.2 Å². The molecule has 0 spiro atoms. The summed E-state index contributed by atoms with van der Waals surface area (Å²) in [6.07, 6.45) is 7.77. The van der Waals surface area contributed by atoms with Crippen LogP contribution in [0.1, 0.15) is 26.7 Å². The third-order valence-electron chi connectivity index (χ3n) is 5.95. The zero-order valence-electron chi connectivity index (χ0n) is 14.1. The van der Waals surface area contributed by atoms with Crippen LogP contribution in [0.3, 0.4) is 0 Å². The van der Waals surface area contributed by atoms with Gasteiger partial charge in [-0.1, -0.05) is 26.0 Å². The van der Waals surface area contributed by atoms with Crippen molar-refractivity contribution in [2.24, 2.45) is 23.7 Å². The van der Waals surface area contributed by atoms with Crippen LogP contribution in [0.4, 0.5) is 0 Å². The summed E-state index contributed by atoms with van der Waals surface area (Å²) in [6.45, 7) is 12.1. The lowest BCUT2D eigenvalue weighted by molar-refractivity contribution is 0.0869. The predicted octanol–water partition coefficient (Wildman–Crippen LogP) is 2.06. The van der Waals surface area contributed by atoms with Gasteiger partial charge < -0.3 is 10.2 Å². The Kier molecular flexibility index (Phi) is 5.03. The second kappa shape index (κ2) is 6.80. The number of allylic oxidation sites excluding steroid dienone is 2. The van der Waals surface area contributed by atoms with Crippen molar-refractivity contribution in [1.82, 2.24) is 15.1 Å². The van der Waals surface area contributed by atoms with Crippen LogP contribution in [0, 0.1) is 23.7 Å². The van der Waals surface area contributed by atoms with E-state index in [-0.39, 0.29) is 0 Å². The molecule has 0 radical (unpaired) electrons. The lowest BCUT2D eigenvalue weighted by Gasteiger charge is -2.40. The van der Waals surface area contributed by atoms with Gasteiger partial charge >= 0.3 is 0 Å². The minimum Gasteiger partial charge on any atom is -0.315 e. The second-order valence-corrected chi connectivity index (χ2v) is 7.85. The van der Waals surface area contributed by atoms with Crippen LogP contribution in [0.5, 0.6) is 0 Å². The molecule has 1 aliphatic heterocycles. The van der Waals surface area contributed by atoms with Gasteiger partial charge in [-0.05, 0) is 50.1 Å². The highest BCUT2D eigenvalue weighted by Gasteiger charge is 2.35. The number of hydrogen-bond donors (Lipinski definition) is 1. The molecule has 1 saturated heterocycles. The highest BCUT2D eigenvalue weighted by atomic mass is 15.3. The summed E-state index contributed by atoms with van der Waals surface area (Å²) in [5, 5.41) is 3.81. The van der Waals surface area contributed by atoms with Gasteiger partial charge in [0.25, 0.3) is 0 Å². The number of likely N-dealkylation sites (N-methyl/N-ethyl adjacent to an activating group) is 1. The summed E-state index contributed by atoms with van der Waals surface area (Å²) in [5.41, 5.74) is 0. The minimum absolute atomic E-state index is 0.702. The molecule has 120 valence electrons.